The lowest BCUT2D eigenvalue weighted by atomic mass is 10.0. The quantitative estimate of drug-likeness (QED) is 0.464. The molecule has 0 amide bonds. The number of hydrogen-bond donors (Lipinski definition) is 2. The summed E-state index contributed by atoms with van der Waals surface area (Å²) in [5, 5.41) is 6.73. The fourth-order valence-electron chi connectivity index (χ4n) is 3.11. The van der Waals surface area contributed by atoms with Gasteiger partial charge in [-0.2, -0.15) is 0 Å². The molecule has 2 aromatic rings. The number of halogens is 1. The van der Waals surface area contributed by atoms with Crippen molar-refractivity contribution in [3.8, 4) is 5.75 Å². The van der Waals surface area contributed by atoms with Gasteiger partial charge in [0.2, 0.25) is 0 Å². The summed E-state index contributed by atoms with van der Waals surface area (Å²) in [6.07, 6.45) is 5.36. The van der Waals surface area contributed by atoms with E-state index >= 15 is 0 Å². The summed E-state index contributed by atoms with van der Waals surface area (Å²) >= 11 is 0. The van der Waals surface area contributed by atoms with Crippen molar-refractivity contribution in [2.24, 2.45) is 4.99 Å². The van der Waals surface area contributed by atoms with E-state index in [9.17, 15) is 4.39 Å². The van der Waals surface area contributed by atoms with E-state index in [1.54, 1.807) is 31.6 Å². The van der Waals surface area contributed by atoms with Crippen molar-refractivity contribution in [2.75, 3.05) is 38.2 Å². The molecule has 0 unspecified atom stereocenters. The largest absolute Gasteiger partial charge is 0.490 e. The molecule has 1 saturated heterocycles. The van der Waals surface area contributed by atoms with Gasteiger partial charge in [0.1, 0.15) is 18.2 Å². The number of nitrogens with zero attached hydrogens (tertiary/aromatic N) is 3. The zero-order valence-corrected chi connectivity index (χ0v) is 15.6. The molecular formula is C20H26FN5O. The van der Waals surface area contributed by atoms with Crippen LogP contribution in [0.3, 0.4) is 0 Å². The summed E-state index contributed by atoms with van der Waals surface area (Å²) in [5.74, 6) is 1.34. The molecule has 0 bridgehead atoms. The van der Waals surface area contributed by atoms with Gasteiger partial charge < -0.3 is 20.3 Å². The lowest BCUT2D eigenvalue weighted by Gasteiger charge is -2.34. The van der Waals surface area contributed by atoms with Crippen molar-refractivity contribution in [3.63, 3.8) is 0 Å². The maximum Gasteiger partial charge on any atom is 0.191 e. The predicted molar refractivity (Wildman–Crippen MR) is 106 cm³/mol. The van der Waals surface area contributed by atoms with E-state index in [-0.39, 0.29) is 5.82 Å². The molecule has 1 aliphatic rings. The van der Waals surface area contributed by atoms with E-state index in [1.165, 1.54) is 6.07 Å². The van der Waals surface area contributed by atoms with Gasteiger partial charge >= 0.3 is 0 Å². The molecule has 2 N–H and O–H groups in total. The number of rotatable bonds is 6. The van der Waals surface area contributed by atoms with Gasteiger partial charge in [0, 0.05) is 38.1 Å². The van der Waals surface area contributed by atoms with Gasteiger partial charge in [0.25, 0.3) is 0 Å². The smallest absolute Gasteiger partial charge is 0.191 e. The van der Waals surface area contributed by atoms with Crippen molar-refractivity contribution in [1.82, 2.24) is 15.6 Å². The van der Waals surface area contributed by atoms with Gasteiger partial charge in [-0.1, -0.05) is 6.07 Å². The van der Waals surface area contributed by atoms with E-state index < -0.39 is 0 Å². The zero-order chi connectivity index (χ0) is 18.9. The van der Waals surface area contributed by atoms with Gasteiger partial charge in [-0.25, -0.2) is 4.39 Å². The predicted octanol–water partition coefficient (Wildman–Crippen LogP) is 2.43. The molecule has 7 heteroatoms. The number of ether oxygens (including phenoxy) is 1. The van der Waals surface area contributed by atoms with Crippen molar-refractivity contribution in [2.45, 2.75) is 18.9 Å². The Balaban J connectivity index is 1.38. The Labute approximate surface area is 159 Å². The van der Waals surface area contributed by atoms with Crippen molar-refractivity contribution in [1.29, 1.82) is 0 Å². The highest BCUT2D eigenvalue weighted by Gasteiger charge is 2.20. The van der Waals surface area contributed by atoms with Crippen LogP contribution < -0.4 is 20.3 Å². The number of aromatic nitrogens is 1. The normalized spacial score (nSPS) is 15.5. The minimum atomic E-state index is -0.189. The molecule has 1 fully saturated rings. The van der Waals surface area contributed by atoms with Crippen LogP contribution >= 0.6 is 0 Å². The second kappa shape index (κ2) is 9.75. The molecule has 1 aromatic carbocycles. The lowest BCUT2D eigenvalue weighted by Crippen LogP contribution is -2.49. The molecule has 3 rings (SSSR count). The summed E-state index contributed by atoms with van der Waals surface area (Å²) < 4.78 is 19.0. The lowest BCUT2D eigenvalue weighted by molar-refractivity contribution is 0.320. The minimum absolute atomic E-state index is 0.189. The molecule has 144 valence electrons. The highest BCUT2D eigenvalue weighted by molar-refractivity contribution is 5.80. The minimum Gasteiger partial charge on any atom is -0.490 e. The van der Waals surface area contributed by atoms with Crippen LogP contribution in [0.15, 0.2) is 53.8 Å². The molecule has 0 saturated carbocycles. The Kier molecular flexibility index (Phi) is 6.84. The monoisotopic (exact) mass is 371 g/mol. The van der Waals surface area contributed by atoms with Crippen LogP contribution in [-0.2, 0) is 0 Å². The van der Waals surface area contributed by atoms with E-state index in [1.807, 2.05) is 18.2 Å². The average Bonchev–Trinajstić information content (AvgIpc) is 2.71. The Morgan fingerprint density at radius 1 is 1.30 bits per heavy atom. The van der Waals surface area contributed by atoms with E-state index in [2.05, 4.69) is 25.5 Å². The number of pyridine rings is 1. The molecule has 0 radical (unpaired) electrons. The highest BCUT2D eigenvalue weighted by atomic mass is 19.1. The second-order valence-corrected chi connectivity index (χ2v) is 6.42. The molecule has 27 heavy (non-hydrogen) atoms. The van der Waals surface area contributed by atoms with Gasteiger partial charge in [0.15, 0.2) is 5.96 Å². The first-order chi connectivity index (χ1) is 13.2. The fraction of sp³-hybridized carbons (Fsp3) is 0.400. The van der Waals surface area contributed by atoms with Gasteiger partial charge in [-0.15, -0.1) is 0 Å². The Morgan fingerprint density at radius 3 is 2.85 bits per heavy atom. The van der Waals surface area contributed by atoms with Gasteiger partial charge in [-0.05, 0) is 43.2 Å². The van der Waals surface area contributed by atoms with E-state index in [0.29, 0.717) is 19.2 Å². The first-order valence-corrected chi connectivity index (χ1v) is 9.25. The van der Waals surface area contributed by atoms with E-state index in [4.69, 9.17) is 4.74 Å². The van der Waals surface area contributed by atoms with Crippen LogP contribution in [0.5, 0.6) is 5.75 Å². The van der Waals surface area contributed by atoms with Crippen LogP contribution in [0.1, 0.15) is 12.8 Å². The van der Waals surface area contributed by atoms with Crippen LogP contribution in [0, 0.1) is 5.82 Å². The third-order valence-corrected chi connectivity index (χ3v) is 4.53. The van der Waals surface area contributed by atoms with Crippen LogP contribution in [-0.4, -0.2) is 50.3 Å². The zero-order valence-electron chi connectivity index (χ0n) is 15.6. The number of aliphatic imine (C=N–C) groups is 1. The molecule has 1 aliphatic heterocycles. The molecule has 0 aliphatic carbocycles. The Morgan fingerprint density at radius 2 is 2.15 bits per heavy atom. The average molecular weight is 371 g/mol. The maximum absolute atomic E-state index is 13.4. The first-order valence-electron chi connectivity index (χ1n) is 9.25. The number of guanidine groups is 1. The third-order valence-electron chi connectivity index (χ3n) is 4.53. The number of piperidine rings is 1. The number of hydrogen-bond acceptors (Lipinski definition) is 4. The van der Waals surface area contributed by atoms with Crippen molar-refractivity contribution < 1.29 is 9.13 Å². The van der Waals surface area contributed by atoms with Crippen molar-refractivity contribution in [3.05, 3.63) is 54.6 Å². The molecule has 0 spiro atoms. The molecule has 6 nitrogen and oxygen atoms in total. The van der Waals surface area contributed by atoms with Crippen molar-refractivity contribution >= 4 is 11.6 Å². The Hall–Kier alpha value is -2.83. The molecular weight excluding hydrogens is 345 g/mol. The third kappa shape index (κ3) is 5.84. The number of nitrogens with one attached hydrogen (secondary N) is 2. The van der Waals surface area contributed by atoms with E-state index in [0.717, 1.165) is 43.3 Å². The summed E-state index contributed by atoms with van der Waals surface area (Å²) in [4.78, 5) is 10.5. The highest BCUT2D eigenvalue weighted by Crippen LogP contribution is 2.20. The van der Waals surface area contributed by atoms with Gasteiger partial charge in [-0.3, -0.25) is 9.98 Å². The summed E-state index contributed by atoms with van der Waals surface area (Å²) in [7, 11) is 1.76. The maximum atomic E-state index is 13.4. The topological polar surface area (TPSA) is 61.8 Å². The first kappa shape index (κ1) is 18.9. The van der Waals surface area contributed by atoms with Crippen LogP contribution in [0.4, 0.5) is 10.1 Å². The fourth-order valence-corrected chi connectivity index (χ4v) is 3.11. The number of anilines is 1. The SMILES string of the molecule is CN=C(NCCOc1cccnc1)NC1CCN(c2cccc(F)c2)CC1. The molecule has 2 heterocycles. The van der Waals surface area contributed by atoms with Gasteiger partial charge in [0.05, 0.1) is 12.7 Å². The summed E-state index contributed by atoms with van der Waals surface area (Å²) in [5.41, 5.74) is 0.948. The number of benzene rings is 1. The second-order valence-electron chi connectivity index (χ2n) is 6.42. The Bertz CT molecular complexity index is 732. The summed E-state index contributed by atoms with van der Waals surface area (Å²) in [6, 6.07) is 10.9. The van der Waals surface area contributed by atoms with Crippen LogP contribution in [0.25, 0.3) is 0 Å². The standard InChI is InChI=1S/C20H26FN5O/c1-22-20(24-10-13-27-19-6-3-9-23-15-19)25-17-7-11-26(12-8-17)18-5-2-4-16(21)14-18/h2-6,9,14-15,17H,7-8,10-13H2,1H3,(H2,22,24,25). The molecule has 0 atom stereocenters. The summed E-state index contributed by atoms with van der Waals surface area (Å²) in [6.45, 7) is 2.96. The van der Waals surface area contributed by atoms with Crippen LogP contribution in [0.2, 0.25) is 0 Å². The molecule has 1 aromatic heterocycles.